The van der Waals surface area contributed by atoms with Gasteiger partial charge in [-0.15, -0.1) is 0 Å². The lowest BCUT2D eigenvalue weighted by Gasteiger charge is -2.32. The number of carbonyl (C=O) groups excluding carboxylic acids is 2. The number of hydrogen-bond donors (Lipinski definition) is 3. The van der Waals surface area contributed by atoms with Gasteiger partial charge in [-0.1, -0.05) is 0 Å². The molecule has 6 nitrogen and oxygen atoms in total. The lowest BCUT2D eigenvalue weighted by molar-refractivity contribution is -0.124. The molecule has 0 aliphatic carbocycles. The fraction of sp³-hybridized carbons (Fsp3) is 0.867. The molecule has 0 aromatic carbocycles. The first kappa shape index (κ1) is 16.2. The van der Waals surface area contributed by atoms with Crippen LogP contribution in [0.15, 0.2) is 0 Å². The Bertz CT molecular complexity index is 348. The minimum absolute atomic E-state index is 0.0577. The number of nitrogens with one attached hydrogen (secondary N) is 3. The summed E-state index contributed by atoms with van der Waals surface area (Å²) in [4.78, 5) is 25.5. The third kappa shape index (κ3) is 5.63. The van der Waals surface area contributed by atoms with Gasteiger partial charge in [0.2, 0.25) is 11.8 Å². The molecule has 1 unspecified atom stereocenters. The molecule has 0 radical (unpaired) electrons. The van der Waals surface area contributed by atoms with E-state index in [1.165, 1.54) is 6.42 Å². The molecule has 21 heavy (non-hydrogen) atoms. The second kappa shape index (κ2) is 8.34. The Morgan fingerprint density at radius 1 is 1.19 bits per heavy atom. The number of hydrogen-bond acceptors (Lipinski definition) is 4. The van der Waals surface area contributed by atoms with Gasteiger partial charge in [0, 0.05) is 32.6 Å². The van der Waals surface area contributed by atoms with Crippen LogP contribution in [0.3, 0.4) is 0 Å². The smallest absolute Gasteiger partial charge is 0.233 e. The van der Waals surface area contributed by atoms with Crippen LogP contribution >= 0.6 is 0 Å². The molecule has 0 bridgehead atoms. The van der Waals surface area contributed by atoms with E-state index in [4.69, 9.17) is 0 Å². The summed E-state index contributed by atoms with van der Waals surface area (Å²) in [5.74, 6) is 0.739. The predicted octanol–water partition coefficient (Wildman–Crippen LogP) is -0.297. The highest BCUT2D eigenvalue weighted by atomic mass is 16.2. The maximum atomic E-state index is 12.1. The van der Waals surface area contributed by atoms with E-state index in [1.807, 2.05) is 0 Å². The summed E-state index contributed by atoms with van der Waals surface area (Å²) in [6.07, 6.45) is 4.85. The molecule has 2 rings (SSSR count). The highest BCUT2D eigenvalue weighted by Gasteiger charge is 2.23. The minimum atomic E-state index is 0.0577. The van der Waals surface area contributed by atoms with Crippen LogP contribution in [0.5, 0.6) is 0 Å². The zero-order valence-corrected chi connectivity index (χ0v) is 13.0. The standard InChI is InChI=1S/C15H28N4O2/c1-16-15(21)11-19-7-4-13(5-8-19)18-14(20)9-12-3-2-6-17-10-12/h12-13,17H,2-11H2,1H3,(H,16,21)(H,18,20). The molecule has 0 aromatic heterocycles. The summed E-state index contributed by atoms with van der Waals surface area (Å²) in [5.41, 5.74) is 0. The minimum Gasteiger partial charge on any atom is -0.358 e. The van der Waals surface area contributed by atoms with Crippen LogP contribution in [0.25, 0.3) is 0 Å². The third-order valence-electron chi connectivity index (χ3n) is 4.47. The lowest BCUT2D eigenvalue weighted by atomic mass is 9.95. The highest BCUT2D eigenvalue weighted by Crippen LogP contribution is 2.15. The van der Waals surface area contributed by atoms with Gasteiger partial charge in [0.15, 0.2) is 0 Å². The van der Waals surface area contributed by atoms with Crippen molar-refractivity contribution in [3.63, 3.8) is 0 Å². The van der Waals surface area contributed by atoms with Crippen molar-refractivity contribution in [2.24, 2.45) is 5.92 Å². The van der Waals surface area contributed by atoms with Crippen molar-refractivity contribution in [2.75, 3.05) is 39.8 Å². The van der Waals surface area contributed by atoms with Gasteiger partial charge in [0.05, 0.1) is 6.54 Å². The summed E-state index contributed by atoms with van der Waals surface area (Å²) in [7, 11) is 1.66. The maximum absolute atomic E-state index is 12.1. The fourth-order valence-corrected chi connectivity index (χ4v) is 3.16. The van der Waals surface area contributed by atoms with E-state index in [2.05, 4.69) is 20.9 Å². The van der Waals surface area contributed by atoms with Crippen molar-refractivity contribution in [3.05, 3.63) is 0 Å². The summed E-state index contributed by atoms with van der Waals surface area (Å²) < 4.78 is 0. The molecule has 2 saturated heterocycles. The monoisotopic (exact) mass is 296 g/mol. The first-order valence-corrected chi connectivity index (χ1v) is 8.10. The Kier molecular flexibility index (Phi) is 6.45. The summed E-state index contributed by atoms with van der Waals surface area (Å²) >= 11 is 0. The largest absolute Gasteiger partial charge is 0.358 e. The highest BCUT2D eigenvalue weighted by molar-refractivity contribution is 5.77. The van der Waals surface area contributed by atoms with E-state index in [0.717, 1.165) is 45.4 Å². The number of likely N-dealkylation sites (tertiary alicyclic amines) is 1. The molecule has 2 aliphatic rings. The normalized spacial score (nSPS) is 24.5. The fourth-order valence-electron chi connectivity index (χ4n) is 3.16. The van der Waals surface area contributed by atoms with Gasteiger partial charge in [-0.25, -0.2) is 0 Å². The average Bonchev–Trinajstić information content (AvgIpc) is 2.50. The van der Waals surface area contributed by atoms with Crippen LogP contribution in [0.2, 0.25) is 0 Å². The molecule has 2 aliphatic heterocycles. The Labute approximate surface area is 127 Å². The molecular weight excluding hydrogens is 268 g/mol. The van der Waals surface area contributed by atoms with Crippen molar-refractivity contribution in [3.8, 4) is 0 Å². The Hall–Kier alpha value is -1.14. The van der Waals surface area contributed by atoms with Crippen molar-refractivity contribution < 1.29 is 9.59 Å². The Balaban J connectivity index is 1.63. The number of nitrogens with zero attached hydrogens (tertiary/aromatic N) is 1. The van der Waals surface area contributed by atoms with Crippen molar-refractivity contribution in [2.45, 2.75) is 38.1 Å². The molecular formula is C15H28N4O2. The zero-order valence-electron chi connectivity index (χ0n) is 13.0. The second-order valence-electron chi connectivity index (χ2n) is 6.21. The van der Waals surface area contributed by atoms with Crippen molar-refractivity contribution >= 4 is 11.8 Å². The molecule has 0 spiro atoms. The van der Waals surface area contributed by atoms with E-state index in [-0.39, 0.29) is 17.9 Å². The summed E-state index contributed by atoms with van der Waals surface area (Å²) in [5, 5.41) is 9.15. The van der Waals surface area contributed by atoms with Crippen LogP contribution in [0, 0.1) is 5.92 Å². The Morgan fingerprint density at radius 3 is 2.57 bits per heavy atom. The molecule has 2 fully saturated rings. The van der Waals surface area contributed by atoms with Gasteiger partial charge in [-0.05, 0) is 44.7 Å². The van der Waals surface area contributed by atoms with Crippen LogP contribution < -0.4 is 16.0 Å². The zero-order chi connectivity index (χ0) is 15.1. The van der Waals surface area contributed by atoms with E-state index < -0.39 is 0 Å². The number of piperidine rings is 2. The van der Waals surface area contributed by atoms with E-state index in [9.17, 15) is 9.59 Å². The second-order valence-corrected chi connectivity index (χ2v) is 6.21. The van der Waals surface area contributed by atoms with Crippen LogP contribution in [-0.4, -0.2) is 62.5 Å². The van der Waals surface area contributed by atoms with Gasteiger partial charge < -0.3 is 16.0 Å². The van der Waals surface area contributed by atoms with Gasteiger partial charge in [-0.3, -0.25) is 14.5 Å². The molecule has 120 valence electrons. The number of rotatable bonds is 5. The van der Waals surface area contributed by atoms with E-state index in [0.29, 0.717) is 18.9 Å². The maximum Gasteiger partial charge on any atom is 0.233 e. The first-order valence-electron chi connectivity index (χ1n) is 8.10. The van der Waals surface area contributed by atoms with Gasteiger partial charge in [-0.2, -0.15) is 0 Å². The molecule has 1 atom stereocenters. The quantitative estimate of drug-likeness (QED) is 0.651. The summed E-state index contributed by atoms with van der Waals surface area (Å²) in [6, 6.07) is 0.273. The number of amides is 2. The molecule has 3 N–H and O–H groups in total. The molecule has 0 aromatic rings. The van der Waals surface area contributed by atoms with Crippen LogP contribution in [0.4, 0.5) is 0 Å². The van der Waals surface area contributed by atoms with Crippen LogP contribution in [0.1, 0.15) is 32.1 Å². The van der Waals surface area contributed by atoms with Crippen molar-refractivity contribution in [1.82, 2.24) is 20.9 Å². The first-order chi connectivity index (χ1) is 10.2. The number of likely N-dealkylation sites (N-methyl/N-ethyl adjacent to an activating group) is 1. The molecule has 6 heteroatoms. The van der Waals surface area contributed by atoms with Crippen molar-refractivity contribution in [1.29, 1.82) is 0 Å². The lowest BCUT2D eigenvalue weighted by Crippen LogP contribution is -2.47. The number of carbonyl (C=O) groups is 2. The van der Waals surface area contributed by atoms with Gasteiger partial charge in [0.1, 0.15) is 0 Å². The van der Waals surface area contributed by atoms with E-state index >= 15 is 0 Å². The van der Waals surface area contributed by atoms with Crippen LogP contribution in [-0.2, 0) is 9.59 Å². The van der Waals surface area contributed by atoms with Gasteiger partial charge >= 0.3 is 0 Å². The van der Waals surface area contributed by atoms with Gasteiger partial charge in [0.25, 0.3) is 0 Å². The predicted molar refractivity (Wildman–Crippen MR) is 81.9 cm³/mol. The Morgan fingerprint density at radius 2 is 1.95 bits per heavy atom. The SMILES string of the molecule is CNC(=O)CN1CCC(NC(=O)CC2CCCNC2)CC1. The molecule has 2 heterocycles. The third-order valence-corrected chi connectivity index (χ3v) is 4.47. The molecule has 0 saturated carbocycles. The molecule has 2 amide bonds. The topological polar surface area (TPSA) is 73.5 Å². The summed E-state index contributed by atoms with van der Waals surface area (Å²) in [6.45, 7) is 4.28. The van der Waals surface area contributed by atoms with E-state index in [1.54, 1.807) is 7.05 Å². The average molecular weight is 296 g/mol.